The van der Waals surface area contributed by atoms with E-state index in [0.29, 0.717) is 12.5 Å². The molecule has 150 valence electrons. The highest BCUT2D eigenvalue weighted by Crippen LogP contribution is 2.36. The molecule has 1 aromatic heterocycles. The van der Waals surface area contributed by atoms with E-state index in [1.165, 1.54) is 16.7 Å². The highest BCUT2D eigenvalue weighted by molar-refractivity contribution is 5.37. The lowest BCUT2D eigenvalue weighted by molar-refractivity contribution is 0.413. The molecule has 2 heterocycles. The highest BCUT2D eigenvalue weighted by atomic mass is 16.5. The van der Waals surface area contributed by atoms with Crippen molar-refractivity contribution in [2.24, 2.45) is 0 Å². The molecule has 1 saturated heterocycles. The molecule has 0 spiro atoms. The molecule has 1 fully saturated rings. The Balaban J connectivity index is 1.57. The molecule has 1 aliphatic rings. The Hall–Kier alpha value is -3.12. The maximum atomic E-state index is 12.3. The summed E-state index contributed by atoms with van der Waals surface area (Å²) < 4.78 is 5.38. The Kier molecular flexibility index (Phi) is 5.62. The molecule has 0 aliphatic carbocycles. The zero-order valence-electron chi connectivity index (χ0n) is 16.7. The summed E-state index contributed by atoms with van der Waals surface area (Å²) in [6, 6.07) is 17.9. The number of aromatic nitrogens is 2. The second-order valence-corrected chi connectivity index (χ2v) is 7.45. The summed E-state index contributed by atoms with van der Waals surface area (Å²) in [6.07, 6.45) is 0. The minimum Gasteiger partial charge on any atom is -0.497 e. The zero-order chi connectivity index (χ0) is 20.2. The van der Waals surface area contributed by atoms with Crippen LogP contribution in [0.2, 0.25) is 0 Å². The van der Waals surface area contributed by atoms with Gasteiger partial charge in [0.2, 0.25) is 5.95 Å². The van der Waals surface area contributed by atoms with E-state index in [0.717, 1.165) is 24.5 Å². The number of hydrogen-bond donors (Lipinski definition) is 3. The SMILES string of the molecule is COc1cccc([C@@H]2CNC[C@H]2c2cc(=O)[nH]c(NCc3ccccc3C)n2)c1. The van der Waals surface area contributed by atoms with E-state index >= 15 is 0 Å². The molecule has 0 saturated carbocycles. The number of ether oxygens (including phenoxy) is 1. The Labute approximate surface area is 170 Å². The first-order valence-corrected chi connectivity index (χ1v) is 9.88. The Morgan fingerprint density at radius 2 is 1.93 bits per heavy atom. The third-order valence-corrected chi connectivity index (χ3v) is 5.59. The van der Waals surface area contributed by atoms with Gasteiger partial charge in [-0.3, -0.25) is 9.78 Å². The molecule has 0 radical (unpaired) electrons. The first-order valence-electron chi connectivity index (χ1n) is 9.88. The number of rotatable bonds is 6. The lowest BCUT2D eigenvalue weighted by atomic mass is 9.86. The lowest BCUT2D eigenvalue weighted by Crippen LogP contribution is -2.19. The van der Waals surface area contributed by atoms with Gasteiger partial charge in [-0.2, -0.15) is 0 Å². The molecule has 2 aromatic carbocycles. The van der Waals surface area contributed by atoms with Crippen LogP contribution in [0.4, 0.5) is 5.95 Å². The molecule has 3 aromatic rings. The molecular weight excluding hydrogens is 364 g/mol. The quantitative estimate of drug-likeness (QED) is 0.603. The Morgan fingerprint density at radius 1 is 1.10 bits per heavy atom. The monoisotopic (exact) mass is 390 g/mol. The topological polar surface area (TPSA) is 79.0 Å². The van der Waals surface area contributed by atoms with Crippen molar-refractivity contribution in [3.8, 4) is 5.75 Å². The van der Waals surface area contributed by atoms with Gasteiger partial charge in [-0.15, -0.1) is 0 Å². The van der Waals surface area contributed by atoms with Crippen LogP contribution in [0.5, 0.6) is 5.75 Å². The van der Waals surface area contributed by atoms with Crippen molar-refractivity contribution >= 4 is 5.95 Å². The second kappa shape index (κ2) is 8.49. The Bertz CT molecular complexity index is 1050. The van der Waals surface area contributed by atoms with E-state index in [4.69, 9.17) is 9.72 Å². The number of methoxy groups -OCH3 is 1. The van der Waals surface area contributed by atoms with Gasteiger partial charge in [-0.1, -0.05) is 36.4 Å². The van der Waals surface area contributed by atoms with Crippen LogP contribution in [0.3, 0.4) is 0 Å². The summed E-state index contributed by atoms with van der Waals surface area (Å²) >= 11 is 0. The summed E-state index contributed by atoms with van der Waals surface area (Å²) in [4.78, 5) is 19.9. The number of aromatic amines is 1. The van der Waals surface area contributed by atoms with Crippen molar-refractivity contribution in [2.45, 2.75) is 25.3 Å². The molecule has 29 heavy (non-hydrogen) atoms. The van der Waals surface area contributed by atoms with Gasteiger partial charge in [0.1, 0.15) is 5.75 Å². The van der Waals surface area contributed by atoms with Crippen molar-refractivity contribution in [2.75, 3.05) is 25.5 Å². The third-order valence-electron chi connectivity index (χ3n) is 5.59. The van der Waals surface area contributed by atoms with Gasteiger partial charge in [0.05, 0.1) is 12.8 Å². The van der Waals surface area contributed by atoms with E-state index in [1.807, 2.05) is 24.3 Å². The van der Waals surface area contributed by atoms with Crippen LogP contribution in [-0.4, -0.2) is 30.2 Å². The summed E-state index contributed by atoms with van der Waals surface area (Å²) in [5.74, 6) is 1.71. The van der Waals surface area contributed by atoms with Crippen molar-refractivity contribution in [3.63, 3.8) is 0 Å². The van der Waals surface area contributed by atoms with Crippen LogP contribution in [-0.2, 0) is 6.54 Å². The van der Waals surface area contributed by atoms with Crippen LogP contribution in [0, 0.1) is 6.92 Å². The van der Waals surface area contributed by atoms with Crippen molar-refractivity contribution in [1.29, 1.82) is 0 Å². The third kappa shape index (κ3) is 4.32. The van der Waals surface area contributed by atoms with Crippen molar-refractivity contribution in [3.05, 3.63) is 87.3 Å². The minimum absolute atomic E-state index is 0.128. The second-order valence-electron chi connectivity index (χ2n) is 7.45. The van der Waals surface area contributed by atoms with Gasteiger partial charge in [0, 0.05) is 37.5 Å². The molecular formula is C23H26N4O2. The van der Waals surface area contributed by atoms with Crippen LogP contribution < -0.4 is 20.9 Å². The highest BCUT2D eigenvalue weighted by Gasteiger charge is 2.31. The molecule has 4 rings (SSSR count). The number of nitrogens with zero attached hydrogens (tertiary/aromatic N) is 1. The molecule has 6 nitrogen and oxygen atoms in total. The standard InChI is InChI=1S/C23H26N4O2/c1-15-6-3-4-7-17(15)12-25-23-26-21(11-22(28)27-23)20-14-24-13-19(20)16-8-5-9-18(10-16)29-2/h3-11,19-20,24H,12-14H2,1-2H3,(H2,25,26,27,28)/t19-,20+/m0/s1. The Morgan fingerprint density at radius 3 is 2.76 bits per heavy atom. The van der Waals surface area contributed by atoms with Gasteiger partial charge in [-0.05, 0) is 35.7 Å². The lowest BCUT2D eigenvalue weighted by Gasteiger charge is -2.19. The van der Waals surface area contributed by atoms with Crippen LogP contribution in [0.1, 0.15) is 34.2 Å². The van der Waals surface area contributed by atoms with Crippen LogP contribution in [0.25, 0.3) is 0 Å². The number of hydrogen-bond acceptors (Lipinski definition) is 5. The number of nitrogens with one attached hydrogen (secondary N) is 3. The van der Waals surface area contributed by atoms with Gasteiger partial charge in [-0.25, -0.2) is 4.98 Å². The van der Waals surface area contributed by atoms with Crippen LogP contribution in [0.15, 0.2) is 59.4 Å². The molecule has 1 aliphatic heterocycles. The summed E-state index contributed by atoms with van der Waals surface area (Å²) in [5, 5.41) is 6.72. The fourth-order valence-corrected chi connectivity index (χ4v) is 3.95. The smallest absolute Gasteiger partial charge is 0.252 e. The predicted octanol–water partition coefficient (Wildman–Crippen LogP) is 3.17. The first-order chi connectivity index (χ1) is 14.1. The minimum atomic E-state index is -0.140. The zero-order valence-corrected chi connectivity index (χ0v) is 16.7. The van der Waals surface area contributed by atoms with Gasteiger partial charge in [0.15, 0.2) is 0 Å². The number of aryl methyl sites for hydroxylation is 1. The van der Waals surface area contributed by atoms with Gasteiger partial charge < -0.3 is 15.4 Å². The van der Waals surface area contributed by atoms with Gasteiger partial charge in [0.25, 0.3) is 5.56 Å². The maximum absolute atomic E-state index is 12.3. The normalized spacial score (nSPS) is 18.6. The summed E-state index contributed by atoms with van der Waals surface area (Å²) in [6.45, 7) is 4.32. The fourth-order valence-electron chi connectivity index (χ4n) is 3.95. The number of H-pyrrole nitrogens is 1. The van der Waals surface area contributed by atoms with E-state index in [-0.39, 0.29) is 17.4 Å². The van der Waals surface area contributed by atoms with E-state index in [1.54, 1.807) is 13.2 Å². The average molecular weight is 390 g/mol. The fraction of sp³-hybridized carbons (Fsp3) is 0.304. The summed E-state index contributed by atoms with van der Waals surface area (Å²) in [7, 11) is 1.67. The van der Waals surface area contributed by atoms with Gasteiger partial charge >= 0.3 is 0 Å². The van der Waals surface area contributed by atoms with E-state index in [9.17, 15) is 4.79 Å². The molecule has 0 unspecified atom stereocenters. The van der Waals surface area contributed by atoms with E-state index < -0.39 is 0 Å². The molecule has 6 heteroatoms. The number of benzene rings is 2. The largest absolute Gasteiger partial charge is 0.497 e. The van der Waals surface area contributed by atoms with E-state index in [2.05, 4.69) is 46.8 Å². The van der Waals surface area contributed by atoms with Crippen LogP contribution >= 0.6 is 0 Å². The molecule has 2 atom stereocenters. The summed E-state index contributed by atoms with van der Waals surface area (Å²) in [5.41, 5.74) is 4.24. The average Bonchev–Trinajstić information content (AvgIpc) is 3.23. The predicted molar refractivity (Wildman–Crippen MR) is 115 cm³/mol. The molecule has 0 amide bonds. The molecule has 3 N–H and O–H groups in total. The number of anilines is 1. The van der Waals surface area contributed by atoms with Crippen molar-refractivity contribution in [1.82, 2.24) is 15.3 Å². The maximum Gasteiger partial charge on any atom is 0.252 e. The first kappa shape index (κ1) is 19.2. The molecule has 0 bridgehead atoms. The van der Waals surface area contributed by atoms with Crippen molar-refractivity contribution < 1.29 is 4.74 Å².